The van der Waals surface area contributed by atoms with Gasteiger partial charge in [0.15, 0.2) is 0 Å². The summed E-state index contributed by atoms with van der Waals surface area (Å²) in [5.74, 6) is -0.623. The van der Waals surface area contributed by atoms with Gasteiger partial charge in [0.2, 0.25) is 5.13 Å². The quantitative estimate of drug-likeness (QED) is 0.887. The largest absolute Gasteiger partial charge is 0.481 e. The zero-order valence-corrected chi connectivity index (χ0v) is 13.0. The number of hydrogen-bond acceptors (Lipinski definition) is 5. The van der Waals surface area contributed by atoms with Crippen LogP contribution in [0.4, 0.5) is 9.93 Å². The summed E-state index contributed by atoms with van der Waals surface area (Å²) in [5, 5.41) is 21.1. The number of nitrogens with zero attached hydrogens (tertiary/aromatic N) is 3. The van der Waals surface area contributed by atoms with Crippen molar-refractivity contribution in [2.24, 2.45) is 11.8 Å². The highest BCUT2D eigenvalue weighted by molar-refractivity contribution is 7.15. The van der Waals surface area contributed by atoms with E-state index in [1.165, 1.54) is 11.3 Å². The Bertz CT molecular complexity index is 509. The van der Waals surface area contributed by atoms with Crippen LogP contribution in [0, 0.1) is 11.8 Å². The van der Waals surface area contributed by atoms with E-state index in [0.717, 1.165) is 11.4 Å². The summed E-state index contributed by atoms with van der Waals surface area (Å²) < 4.78 is 0. The molecule has 0 saturated carbocycles. The number of rotatable bonds is 4. The third-order valence-corrected chi connectivity index (χ3v) is 4.26. The van der Waals surface area contributed by atoms with E-state index in [1.807, 2.05) is 0 Å². The Hall–Kier alpha value is -1.70. The van der Waals surface area contributed by atoms with Crippen molar-refractivity contribution >= 4 is 28.5 Å². The Morgan fingerprint density at radius 3 is 2.62 bits per heavy atom. The lowest BCUT2D eigenvalue weighted by Gasteiger charge is -2.29. The number of piperidine rings is 1. The lowest BCUT2D eigenvalue weighted by Crippen LogP contribution is -2.42. The summed E-state index contributed by atoms with van der Waals surface area (Å²) in [4.78, 5) is 24.6. The van der Waals surface area contributed by atoms with Crippen molar-refractivity contribution in [1.82, 2.24) is 15.1 Å². The monoisotopic (exact) mass is 312 g/mol. The van der Waals surface area contributed by atoms with Gasteiger partial charge in [0.25, 0.3) is 0 Å². The SMILES string of the molecule is CC(C)Cc1nnc(NC(=O)N2CCC(C(=O)O)CC2)s1. The summed E-state index contributed by atoms with van der Waals surface area (Å²) in [6, 6.07) is -0.230. The van der Waals surface area contributed by atoms with Crippen molar-refractivity contribution in [2.75, 3.05) is 18.4 Å². The van der Waals surface area contributed by atoms with Gasteiger partial charge in [-0.05, 0) is 18.8 Å². The molecule has 1 aromatic heterocycles. The molecule has 2 heterocycles. The number of carbonyl (C=O) groups is 2. The predicted octanol–water partition coefficient (Wildman–Crippen LogP) is 2.07. The zero-order valence-electron chi connectivity index (χ0n) is 12.2. The summed E-state index contributed by atoms with van der Waals surface area (Å²) in [6.45, 7) is 5.12. The van der Waals surface area contributed by atoms with Gasteiger partial charge in [0.1, 0.15) is 5.01 Å². The Balaban J connectivity index is 1.84. The molecule has 0 atom stereocenters. The molecule has 0 aromatic carbocycles. The van der Waals surface area contributed by atoms with E-state index in [4.69, 9.17) is 5.11 Å². The third kappa shape index (κ3) is 4.38. The van der Waals surface area contributed by atoms with E-state index in [1.54, 1.807) is 4.90 Å². The minimum absolute atomic E-state index is 0.230. The molecule has 0 radical (unpaired) electrons. The molecule has 2 amide bonds. The minimum Gasteiger partial charge on any atom is -0.481 e. The van der Waals surface area contributed by atoms with E-state index in [-0.39, 0.29) is 11.9 Å². The molecule has 1 saturated heterocycles. The molecule has 0 aliphatic carbocycles. The van der Waals surface area contributed by atoms with Gasteiger partial charge >= 0.3 is 12.0 Å². The fraction of sp³-hybridized carbons (Fsp3) is 0.692. The molecule has 1 aliphatic rings. The number of nitrogens with one attached hydrogen (secondary N) is 1. The van der Waals surface area contributed by atoms with Gasteiger partial charge in [-0.15, -0.1) is 10.2 Å². The molecule has 1 fully saturated rings. The summed E-state index contributed by atoms with van der Waals surface area (Å²) in [6.07, 6.45) is 1.84. The summed E-state index contributed by atoms with van der Waals surface area (Å²) in [5.41, 5.74) is 0. The Kier molecular flexibility index (Phi) is 5.11. The highest BCUT2D eigenvalue weighted by Gasteiger charge is 2.27. The molecular weight excluding hydrogens is 292 g/mol. The number of aromatic nitrogens is 2. The molecule has 21 heavy (non-hydrogen) atoms. The number of anilines is 1. The molecular formula is C13H20N4O3S. The number of carbonyl (C=O) groups excluding carboxylic acids is 1. The molecule has 7 nitrogen and oxygen atoms in total. The smallest absolute Gasteiger partial charge is 0.323 e. The maximum atomic E-state index is 12.1. The maximum absolute atomic E-state index is 12.1. The van der Waals surface area contributed by atoms with E-state index >= 15 is 0 Å². The third-order valence-electron chi connectivity index (χ3n) is 3.39. The second kappa shape index (κ2) is 6.84. The number of urea groups is 1. The number of likely N-dealkylation sites (tertiary alicyclic amines) is 1. The fourth-order valence-corrected chi connectivity index (χ4v) is 3.18. The van der Waals surface area contributed by atoms with Gasteiger partial charge in [-0.1, -0.05) is 25.2 Å². The Morgan fingerprint density at radius 2 is 2.05 bits per heavy atom. The van der Waals surface area contributed by atoms with E-state index in [9.17, 15) is 9.59 Å². The predicted molar refractivity (Wildman–Crippen MR) is 79.4 cm³/mol. The minimum atomic E-state index is -0.780. The van der Waals surface area contributed by atoms with Crippen LogP contribution in [0.25, 0.3) is 0 Å². The summed E-state index contributed by atoms with van der Waals surface area (Å²) in [7, 11) is 0. The number of hydrogen-bond donors (Lipinski definition) is 2. The van der Waals surface area contributed by atoms with E-state index in [2.05, 4.69) is 29.4 Å². The van der Waals surface area contributed by atoms with Gasteiger partial charge in [-0.25, -0.2) is 4.79 Å². The van der Waals surface area contributed by atoms with Gasteiger partial charge in [-0.3, -0.25) is 10.1 Å². The van der Waals surface area contributed by atoms with Crippen LogP contribution in [0.15, 0.2) is 0 Å². The molecule has 1 aromatic rings. The first-order valence-electron chi connectivity index (χ1n) is 7.07. The molecule has 2 rings (SSSR count). The van der Waals surface area contributed by atoms with E-state index in [0.29, 0.717) is 37.0 Å². The van der Waals surface area contributed by atoms with Crippen LogP contribution in [0.1, 0.15) is 31.7 Å². The first-order valence-corrected chi connectivity index (χ1v) is 7.88. The summed E-state index contributed by atoms with van der Waals surface area (Å²) >= 11 is 1.38. The molecule has 0 spiro atoms. The second-order valence-electron chi connectivity index (χ2n) is 5.63. The van der Waals surface area contributed by atoms with Crippen LogP contribution in [0.2, 0.25) is 0 Å². The molecule has 2 N–H and O–H groups in total. The number of carboxylic acid groups (broad SMARTS) is 1. The van der Waals surface area contributed by atoms with Gasteiger partial charge in [0.05, 0.1) is 5.92 Å². The highest BCUT2D eigenvalue weighted by atomic mass is 32.1. The zero-order chi connectivity index (χ0) is 15.4. The topological polar surface area (TPSA) is 95.4 Å². The van der Waals surface area contributed by atoms with Crippen LogP contribution < -0.4 is 5.32 Å². The fourth-order valence-electron chi connectivity index (χ4n) is 2.24. The first kappa shape index (κ1) is 15.7. The molecule has 116 valence electrons. The van der Waals surface area contributed by atoms with Gasteiger partial charge in [0, 0.05) is 19.5 Å². The highest BCUT2D eigenvalue weighted by Crippen LogP contribution is 2.21. The second-order valence-corrected chi connectivity index (χ2v) is 6.69. The Labute approximate surface area is 127 Å². The molecule has 1 aliphatic heterocycles. The number of amides is 2. The molecule has 0 bridgehead atoms. The lowest BCUT2D eigenvalue weighted by atomic mass is 9.97. The van der Waals surface area contributed by atoms with Crippen LogP contribution in [0.3, 0.4) is 0 Å². The maximum Gasteiger partial charge on any atom is 0.323 e. The number of aliphatic carboxylic acids is 1. The molecule has 8 heteroatoms. The van der Waals surface area contributed by atoms with Crippen molar-refractivity contribution in [2.45, 2.75) is 33.1 Å². The van der Waals surface area contributed by atoms with Gasteiger partial charge < -0.3 is 10.0 Å². The van der Waals surface area contributed by atoms with Crippen molar-refractivity contribution < 1.29 is 14.7 Å². The molecule has 0 unspecified atom stereocenters. The first-order chi connectivity index (χ1) is 9.95. The average molecular weight is 312 g/mol. The standard InChI is InChI=1S/C13H20N4O3S/c1-8(2)7-10-15-16-12(21-10)14-13(20)17-5-3-9(4-6-17)11(18)19/h8-9H,3-7H2,1-2H3,(H,18,19)(H,14,16,20). The van der Waals surface area contributed by atoms with Gasteiger partial charge in [-0.2, -0.15) is 0 Å². The lowest BCUT2D eigenvalue weighted by molar-refractivity contribution is -0.143. The van der Waals surface area contributed by atoms with Crippen LogP contribution in [-0.4, -0.2) is 45.3 Å². The normalized spacial score (nSPS) is 16.2. The Morgan fingerprint density at radius 1 is 1.38 bits per heavy atom. The van der Waals surface area contributed by atoms with Crippen molar-refractivity contribution in [3.8, 4) is 0 Å². The van der Waals surface area contributed by atoms with Crippen LogP contribution in [-0.2, 0) is 11.2 Å². The van der Waals surface area contributed by atoms with Crippen molar-refractivity contribution in [1.29, 1.82) is 0 Å². The van der Waals surface area contributed by atoms with Crippen molar-refractivity contribution in [3.05, 3.63) is 5.01 Å². The van der Waals surface area contributed by atoms with Crippen LogP contribution >= 0.6 is 11.3 Å². The van der Waals surface area contributed by atoms with Crippen LogP contribution in [0.5, 0.6) is 0 Å². The van der Waals surface area contributed by atoms with Crippen molar-refractivity contribution in [3.63, 3.8) is 0 Å². The van der Waals surface area contributed by atoms with E-state index < -0.39 is 5.97 Å². The average Bonchev–Trinajstić information content (AvgIpc) is 2.85. The number of carboxylic acids is 1.